The number of carboxylic acid groups (broad SMARTS) is 1. The van der Waals surface area contributed by atoms with E-state index >= 15 is 0 Å². The van der Waals surface area contributed by atoms with Crippen molar-refractivity contribution in [1.82, 2.24) is 10.3 Å². The Morgan fingerprint density at radius 3 is 2.45 bits per heavy atom. The minimum atomic E-state index is -0.983. The molecule has 6 nitrogen and oxygen atoms in total. The molecule has 0 saturated heterocycles. The lowest BCUT2D eigenvalue weighted by Gasteiger charge is -2.19. The average molecular weight is 390 g/mol. The van der Waals surface area contributed by atoms with Gasteiger partial charge in [0.1, 0.15) is 5.75 Å². The number of carbonyl (C=O) groups is 2. The van der Waals surface area contributed by atoms with E-state index < -0.39 is 12.0 Å². The predicted molar refractivity (Wildman–Crippen MR) is 110 cm³/mol. The van der Waals surface area contributed by atoms with E-state index in [0.29, 0.717) is 5.56 Å². The zero-order valence-corrected chi connectivity index (χ0v) is 16.3. The number of nitrogens with one attached hydrogen (secondary N) is 1. The van der Waals surface area contributed by atoms with Gasteiger partial charge in [0.05, 0.1) is 25.1 Å². The number of ether oxygens (including phenoxy) is 1. The minimum absolute atomic E-state index is 0.206. The highest BCUT2D eigenvalue weighted by atomic mass is 16.5. The van der Waals surface area contributed by atoms with E-state index in [9.17, 15) is 14.7 Å². The number of nitrogens with zero attached hydrogens (tertiary/aromatic N) is 1. The van der Waals surface area contributed by atoms with Crippen LogP contribution < -0.4 is 10.1 Å². The number of pyridine rings is 1. The van der Waals surface area contributed by atoms with Crippen LogP contribution in [0.15, 0.2) is 67.0 Å². The molecular formula is C23H22N2O4. The van der Waals surface area contributed by atoms with Crippen LogP contribution in [-0.4, -0.2) is 29.1 Å². The van der Waals surface area contributed by atoms with Crippen LogP contribution in [0.4, 0.5) is 0 Å². The highest BCUT2D eigenvalue weighted by Gasteiger charge is 2.20. The third kappa shape index (κ3) is 4.99. The molecule has 1 amide bonds. The Bertz CT molecular complexity index is 1020. The highest BCUT2D eigenvalue weighted by Crippen LogP contribution is 2.24. The molecular weight excluding hydrogens is 368 g/mol. The van der Waals surface area contributed by atoms with E-state index in [1.54, 1.807) is 19.4 Å². The number of hydrogen-bond acceptors (Lipinski definition) is 4. The molecule has 3 rings (SSSR count). The summed E-state index contributed by atoms with van der Waals surface area (Å²) in [5.74, 6) is -0.614. The lowest BCUT2D eigenvalue weighted by molar-refractivity contribution is -0.137. The van der Waals surface area contributed by atoms with Crippen molar-refractivity contribution in [2.75, 3.05) is 7.11 Å². The number of benzene rings is 2. The average Bonchev–Trinajstić information content (AvgIpc) is 2.73. The Hall–Kier alpha value is -3.67. The molecule has 0 saturated carbocycles. The lowest BCUT2D eigenvalue weighted by Crippen LogP contribution is -2.30. The fourth-order valence-corrected chi connectivity index (χ4v) is 3.14. The van der Waals surface area contributed by atoms with Gasteiger partial charge in [0, 0.05) is 18.0 Å². The van der Waals surface area contributed by atoms with Gasteiger partial charge in [0.2, 0.25) is 0 Å². The quantitative estimate of drug-likeness (QED) is 0.636. The van der Waals surface area contributed by atoms with Crippen LogP contribution in [0.2, 0.25) is 0 Å². The summed E-state index contributed by atoms with van der Waals surface area (Å²) in [4.78, 5) is 28.3. The van der Waals surface area contributed by atoms with Gasteiger partial charge in [-0.1, -0.05) is 36.4 Å². The summed E-state index contributed by atoms with van der Waals surface area (Å²) in [6.45, 7) is 1.89. The van der Waals surface area contributed by atoms with E-state index in [0.717, 1.165) is 28.0 Å². The maximum atomic E-state index is 12.8. The molecule has 2 aromatic carbocycles. The van der Waals surface area contributed by atoms with Crippen molar-refractivity contribution in [3.05, 3.63) is 83.7 Å². The Kier molecular flexibility index (Phi) is 6.24. The first-order valence-electron chi connectivity index (χ1n) is 9.15. The van der Waals surface area contributed by atoms with E-state index in [2.05, 4.69) is 10.3 Å². The van der Waals surface area contributed by atoms with Crippen LogP contribution in [0.25, 0.3) is 11.1 Å². The number of methoxy groups -OCH3 is 1. The second kappa shape index (κ2) is 9.01. The van der Waals surface area contributed by atoms with Crippen LogP contribution in [0.3, 0.4) is 0 Å². The summed E-state index contributed by atoms with van der Waals surface area (Å²) in [7, 11) is 1.60. The molecule has 0 aliphatic rings. The van der Waals surface area contributed by atoms with Crippen molar-refractivity contribution >= 4 is 11.9 Å². The molecule has 0 aliphatic carbocycles. The first-order chi connectivity index (χ1) is 14.0. The molecule has 0 fully saturated rings. The topological polar surface area (TPSA) is 88.5 Å². The molecule has 29 heavy (non-hydrogen) atoms. The van der Waals surface area contributed by atoms with Crippen molar-refractivity contribution in [1.29, 1.82) is 0 Å². The molecule has 2 N–H and O–H groups in total. The molecule has 148 valence electrons. The molecule has 0 bridgehead atoms. The Morgan fingerprint density at radius 2 is 1.79 bits per heavy atom. The zero-order valence-electron chi connectivity index (χ0n) is 16.3. The number of hydrogen-bond donors (Lipinski definition) is 2. The molecule has 1 heterocycles. The highest BCUT2D eigenvalue weighted by molar-refractivity contribution is 5.95. The minimum Gasteiger partial charge on any atom is -0.497 e. The third-order valence-corrected chi connectivity index (χ3v) is 4.67. The smallest absolute Gasteiger partial charge is 0.305 e. The predicted octanol–water partition coefficient (Wildman–Crippen LogP) is 4.01. The first kappa shape index (κ1) is 20.1. The second-order valence-corrected chi connectivity index (χ2v) is 6.67. The number of carbonyl (C=O) groups excluding carboxylic acids is 1. The number of aryl methyl sites for hydroxylation is 1. The van der Waals surface area contributed by atoms with E-state index in [1.807, 2.05) is 55.5 Å². The van der Waals surface area contributed by atoms with Crippen LogP contribution in [0.1, 0.15) is 33.9 Å². The van der Waals surface area contributed by atoms with Crippen molar-refractivity contribution in [2.24, 2.45) is 0 Å². The van der Waals surface area contributed by atoms with Crippen molar-refractivity contribution in [2.45, 2.75) is 19.4 Å². The number of rotatable bonds is 7. The summed E-state index contributed by atoms with van der Waals surface area (Å²) in [5, 5.41) is 12.1. The molecule has 6 heteroatoms. The van der Waals surface area contributed by atoms with Crippen LogP contribution in [-0.2, 0) is 4.79 Å². The van der Waals surface area contributed by atoms with Crippen molar-refractivity contribution in [3.8, 4) is 16.9 Å². The summed E-state index contributed by atoms with van der Waals surface area (Å²) >= 11 is 0. The largest absolute Gasteiger partial charge is 0.497 e. The summed E-state index contributed by atoms with van der Waals surface area (Å²) < 4.78 is 5.17. The SMILES string of the molecule is COc1ccc(-c2cncc(C(=O)N[C@@H](CC(=O)O)c3ccccc3C)c2)cc1. The normalized spacial score (nSPS) is 11.5. The van der Waals surface area contributed by atoms with Gasteiger partial charge < -0.3 is 15.2 Å². The second-order valence-electron chi connectivity index (χ2n) is 6.67. The van der Waals surface area contributed by atoms with Gasteiger partial charge in [-0.05, 0) is 41.8 Å². The number of amides is 1. The van der Waals surface area contributed by atoms with Gasteiger partial charge in [0.15, 0.2) is 0 Å². The lowest BCUT2D eigenvalue weighted by atomic mass is 9.98. The van der Waals surface area contributed by atoms with E-state index in [1.165, 1.54) is 6.20 Å². The standard InChI is InChI=1S/C23H22N2O4/c1-15-5-3-4-6-20(15)21(12-22(26)27)25-23(28)18-11-17(13-24-14-18)16-7-9-19(29-2)10-8-16/h3-11,13-14,21H,12H2,1-2H3,(H,25,28)(H,26,27)/t21-/m0/s1. The maximum Gasteiger partial charge on any atom is 0.305 e. The monoisotopic (exact) mass is 390 g/mol. The fourth-order valence-electron chi connectivity index (χ4n) is 3.14. The van der Waals surface area contributed by atoms with Gasteiger partial charge >= 0.3 is 5.97 Å². The zero-order chi connectivity index (χ0) is 20.8. The fraction of sp³-hybridized carbons (Fsp3) is 0.174. The van der Waals surface area contributed by atoms with Gasteiger partial charge in [0.25, 0.3) is 5.91 Å². The number of carboxylic acids is 1. The molecule has 1 atom stereocenters. The van der Waals surface area contributed by atoms with Crippen LogP contribution in [0, 0.1) is 6.92 Å². The molecule has 3 aromatic rings. The van der Waals surface area contributed by atoms with Gasteiger partial charge in [-0.3, -0.25) is 14.6 Å². The first-order valence-corrected chi connectivity index (χ1v) is 9.15. The third-order valence-electron chi connectivity index (χ3n) is 4.67. The molecule has 0 unspecified atom stereocenters. The Balaban J connectivity index is 1.84. The summed E-state index contributed by atoms with van der Waals surface area (Å²) in [5.41, 5.74) is 3.74. The van der Waals surface area contributed by atoms with Gasteiger partial charge in [-0.2, -0.15) is 0 Å². The Morgan fingerprint density at radius 1 is 1.07 bits per heavy atom. The van der Waals surface area contributed by atoms with Crippen molar-refractivity contribution in [3.63, 3.8) is 0 Å². The summed E-state index contributed by atoms with van der Waals surface area (Å²) in [6, 6.07) is 16.0. The molecule has 0 spiro atoms. The molecule has 1 aromatic heterocycles. The molecule has 0 aliphatic heterocycles. The number of aliphatic carboxylic acids is 1. The van der Waals surface area contributed by atoms with Crippen molar-refractivity contribution < 1.29 is 19.4 Å². The molecule has 0 radical (unpaired) electrons. The van der Waals surface area contributed by atoms with E-state index in [-0.39, 0.29) is 12.3 Å². The maximum absolute atomic E-state index is 12.8. The van der Waals surface area contributed by atoms with E-state index in [4.69, 9.17) is 4.74 Å². The summed E-state index contributed by atoms with van der Waals surface area (Å²) in [6.07, 6.45) is 2.94. The number of aromatic nitrogens is 1. The van der Waals surface area contributed by atoms with Gasteiger partial charge in [-0.25, -0.2) is 0 Å². The van der Waals surface area contributed by atoms with Crippen LogP contribution in [0.5, 0.6) is 5.75 Å². The van der Waals surface area contributed by atoms with Gasteiger partial charge in [-0.15, -0.1) is 0 Å². The van der Waals surface area contributed by atoms with Crippen LogP contribution >= 0.6 is 0 Å². The Labute approximate surface area is 169 Å².